The van der Waals surface area contributed by atoms with Gasteiger partial charge in [-0.15, -0.1) is 6.58 Å². The van der Waals surface area contributed by atoms with Gasteiger partial charge in [-0.3, -0.25) is 4.79 Å². The number of rotatable bonds is 3. The summed E-state index contributed by atoms with van der Waals surface area (Å²) >= 11 is 0. The molecule has 11 heavy (non-hydrogen) atoms. The first-order chi connectivity index (χ1) is 5.24. The maximum atomic E-state index is 11.1. The molecule has 1 rings (SSSR count). The predicted molar refractivity (Wildman–Crippen MR) is 43.4 cm³/mol. The highest BCUT2D eigenvalue weighted by atomic mass is 16.5. The van der Waals surface area contributed by atoms with Crippen LogP contribution in [0.5, 0.6) is 0 Å². The third-order valence-corrected chi connectivity index (χ3v) is 1.96. The lowest BCUT2D eigenvalue weighted by Gasteiger charge is -2.13. The normalized spacial score (nSPS) is 27.0. The number of ketones is 1. The Morgan fingerprint density at radius 1 is 1.82 bits per heavy atom. The van der Waals surface area contributed by atoms with Crippen molar-refractivity contribution < 1.29 is 9.53 Å². The second-order valence-electron chi connectivity index (χ2n) is 2.92. The van der Waals surface area contributed by atoms with Gasteiger partial charge in [-0.1, -0.05) is 6.08 Å². The molecule has 0 amide bonds. The van der Waals surface area contributed by atoms with Crippen molar-refractivity contribution in [2.24, 2.45) is 0 Å². The van der Waals surface area contributed by atoms with E-state index in [9.17, 15) is 4.79 Å². The Hall–Kier alpha value is -0.630. The van der Waals surface area contributed by atoms with Crippen LogP contribution in [-0.4, -0.2) is 18.0 Å². The summed E-state index contributed by atoms with van der Waals surface area (Å²) < 4.78 is 5.41. The van der Waals surface area contributed by atoms with Gasteiger partial charge in [0.2, 0.25) is 0 Å². The highest BCUT2D eigenvalue weighted by molar-refractivity contribution is 5.84. The van der Waals surface area contributed by atoms with Gasteiger partial charge in [0, 0.05) is 6.42 Å². The lowest BCUT2D eigenvalue weighted by Crippen LogP contribution is -2.21. The third-order valence-electron chi connectivity index (χ3n) is 1.96. The van der Waals surface area contributed by atoms with Crippen molar-refractivity contribution in [1.29, 1.82) is 0 Å². The molecule has 0 aromatic heterocycles. The van der Waals surface area contributed by atoms with Crippen molar-refractivity contribution >= 4 is 5.78 Å². The van der Waals surface area contributed by atoms with E-state index in [4.69, 9.17) is 4.74 Å². The van der Waals surface area contributed by atoms with E-state index < -0.39 is 0 Å². The second-order valence-corrected chi connectivity index (χ2v) is 2.92. The van der Waals surface area contributed by atoms with Crippen molar-refractivity contribution in [3.05, 3.63) is 12.7 Å². The maximum absolute atomic E-state index is 11.1. The molecule has 0 spiro atoms. The molecule has 2 unspecified atom stereocenters. The Morgan fingerprint density at radius 2 is 2.55 bits per heavy atom. The van der Waals surface area contributed by atoms with E-state index in [1.165, 1.54) is 0 Å². The maximum Gasteiger partial charge on any atom is 0.161 e. The fourth-order valence-electron chi connectivity index (χ4n) is 1.24. The summed E-state index contributed by atoms with van der Waals surface area (Å²) in [4.78, 5) is 11.1. The van der Waals surface area contributed by atoms with Crippen LogP contribution in [0.15, 0.2) is 12.7 Å². The molecule has 0 aromatic carbocycles. The van der Waals surface area contributed by atoms with Gasteiger partial charge in [0.1, 0.15) is 6.10 Å². The number of hydrogen-bond donors (Lipinski definition) is 0. The van der Waals surface area contributed by atoms with E-state index in [2.05, 4.69) is 6.58 Å². The first-order valence-electron chi connectivity index (χ1n) is 4.04. The van der Waals surface area contributed by atoms with E-state index in [0.717, 1.165) is 12.8 Å². The molecule has 0 bridgehead atoms. The van der Waals surface area contributed by atoms with Crippen molar-refractivity contribution in [2.75, 3.05) is 0 Å². The molecule has 2 heteroatoms. The molecule has 0 radical (unpaired) electrons. The SMILES string of the molecule is C=CC(C)OC1CCCC1=O. The Kier molecular flexibility index (Phi) is 2.83. The minimum Gasteiger partial charge on any atom is -0.363 e. The highest BCUT2D eigenvalue weighted by Crippen LogP contribution is 2.18. The molecule has 0 saturated heterocycles. The number of carbonyl (C=O) groups is 1. The minimum atomic E-state index is -0.150. The van der Waals surface area contributed by atoms with Crippen LogP contribution in [0.3, 0.4) is 0 Å². The van der Waals surface area contributed by atoms with Crippen LogP contribution >= 0.6 is 0 Å². The monoisotopic (exact) mass is 154 g/mol. The van der Waals surface area contributed by atoms with E-state index in [0.29, 0.717) is 6.42 Å². The summed E-state index contributed by atoms with van der Waals surface area (Å²) in [6.45, 7) is 5.49. The van der Waals surface area contributed by atoms with Crippen molar-refractivity contribution in [3.63, 3.8) is 0 Å². The van der Waals surface area contributed by atoms with E-state index >= 15 is 0 Å². The lowest BCUT2D eigenvalue weighted by molar-refractivity contribution is -0.128. The summed E-state index contributed by atoms with van der Waals surface area (Å²) in [5.41, 5.74) is 0. The fourth-order valence-corrected chi connectivity index (χ4v) is 1.24. The van der Waals surface area contributed by atoms with Crippen LogP contribution in [-0.2, 0) is 9.53 Å². The molecule has 2 nitrogen and oxygen atoms in total. The molecule has 0 heterocycles. The van der Waals surface area contributed by atoms with Gasteiger partial charge in [0.25, 0.3) is 0 Å². The highest BCUT2D eigenvalue weighted by Gasteiger charge is 2.25. The van der Waals surface area contributed by atoms with Crippen LogP contribution in [0.2, 0.25) is 0 Å². The molecule has 2 atom stereocenters. The molecule has 0 aliphatic heterocycles. The van der Waals surface area contributed by atoms with Crippen LogP contribution in [0.1, 0.15) is 26.2 Å². The molecular weight excluding hydrogens is 140 g/mol. The second kappa shape index (κ2) is 3.67. The van der Waals surface area contributed by atoms with Gasteiger partial charge in [0.15, 0.2) is 5.78 Å². The largest absolute Gasteiger partial charge is 0.363 e. The number of carbonyl (C=O) groups excluding carboxylic acids is 1. The van der Waals surface area contributed by atoms with Crippen molar-refractivity contribution in [2.45, 2.75) is 38.4 Å². The number of hydrogen-bond acceptors (Lipinski definition) is 2. The van der Waals surface area contributed by atoms with Crippen LogP contribution in [0, 0.1) is 0 Å². The molecule has 62 valence electrons. The third kappa shape index (κ3) is 2.15. The Bertz CT molecular complexity index is 163. The Balaban J connectivity index is 2.36. The zero-order valence-corrected chi connectivity index (χ0v) is 6.88. The van der Waals surface area contributed by atoms with Crippen LogP contribution in [0.25, 0.3) is 0 Å². The first kappa shape index (κ1) is 8.47. The van der Waals surface area contributed by atoms with Gasteiger partial charge in [-0.05, 0) is 19.8 Å². The quantitative estimate of drug-likeness (QED) is 0.578. The van der Waals surface area contributed by atoms with Crippen molar-refractivity contribution in [1.82, 2.24) is 0 Å². The van der Waals surface area contributed by atoms with Crippen LogP contribution in [0.4, 0.5) is 0 Å². The summed E-state index contributed by atoms with van der Waals surface area (Å²) in [6.07, 6.45) is 4.12. The van der Waals surface area contributed by atoms with Gasteiger partial charge < -0.3 is 4.74 Å². The zero-order chi connectivity index (χ0) is 8.27. The fraction of sp³-hybridized carbons (Fsp3) is 0.667. The van der Waals surface area contributed by atoms with Gasteiger partial charge in [0.05, 0.1) is 6.10 Å². The molecule has 0 aromatic rings. The van der Waals surface area contributed by atoms with Gasteiger partial charge in [-0.25, -0.2) is 0 Å². The molecule has 1 fully saturated rings. The van der Waals surface area contributed by atoms with Crippen molar-refractivity contribution in [3.8, 4) is 0 Å². The molecule has 1 aliphatic carbocycles. The summed E-state index contributed by atoms with van der Waals surface area (Å²) in [5.74, 6) is 0.249. The zero-order valence-electron chi connectivity index (χ0n) is 6.88. The van der Waals surface area contributed by atoms with E-state index in [1.807, 2.05) is 6.92 Å². The van der Waals surface area contributed by atoms with E-state index in [-0.39, 0.29) is 18.0 Å². The number of Topliss-reactive ketones (excluding diaryl/α,β-unsaturated/α-hetero) is 1. The minimum absolute atomic E-state index is 0.00190. The predicted octanol–water partition coefficient (Wildman–Crippen LogP) is 1.70. The summed E-state index contributed by atoms with van der Waals surface area (Å²) in [7, 11) is 0. The smallest absolute Gasteiger partial charge is 0.161 e. The Morgan fingerprint density at radius 3 is 3.00 bits per heavy atom. The number of ether oxygens (including phenoxy) is 1. The standard InChI is InChI=1S/C9H14O2/c1-3-7(2)11-9-6-4-5-8(9)10/h3,7,9H,1,4-6H2,2H3. The summed E-state index contributed by atoms with van der Waals surface area (Å²) in [6, 6.07) is 0. The molecule has 1 saturated carbocycles. The van der Waals surface area contributed by atoms with E-state index in [1.54, 1.807) is 6.08 Å². The van der Waals surface area contributed by atoms with Gasteiger partial charge in [-0.2, -0.15) is 0 Å². The molecular formula is C9H14O2. The Labute approximate surface area is 67.2 Å². The average Bonchev–Trinajstić information content (AvgIpc) is 2.37. The average molecular weight is 154 g/mol. The molecule has 0 N–H and O–H groups in total. The summed E-state index contributed by atoms with van der Waals surface area (Å²) in [5, 5.41) is 0. The lowest BCUT2D eigenvalue weighted by atomic mass is 10.3. The first-order valence-corrected chi connectivity index (χ1v) is 4.04. The topological polar surface area (TPSA) is 26.3 Å². The van der Waals surface area contributed by atoms with Gasteiger partial charge >= 0.3 is 0 Å². The molecule has 1 aliphatic rings. The van der Waals surface area contributed by atoms with Crippen LogP contribution < -0.4 is 0 Å².